The van der Waals surface area contributed by atoms with Crippen molar-refractivity contribution in [1.82, 2.24) is 15.0 Å². The number of pyridine rings is 1. The molecular weight excluding hydrogens is 366 g/mol. The summed E-state index contributed by atoms with van der Waals surface area (Å²) in [6, 6.07) is 8.43. The zero-order chi connectivity index (χ0) is 18.4. The van der Waals surface area contributed by atoms with Crippen molar-refractivity contribution in [1.29, 1.82) is 0 Å². The van der Waals surface area contributed by atoms with Crippen LogP contribution < -0.4 is 14.8 Å². The van der Waals surface area contributed by atoms with E-state index in [0.29, 0.717) is 11.4 Å². The number of benzene rings is 1. The Balaban J connectivity index is 2.01. The van der Waals surface area contributed by atoms with Crippen molar-refractivity contribution < 1.29 is 17.9 Å². The Morgan fingerprint density at radius 1 is 1.32 bits per heavy atom. The minimum atomic E-state index is -3.90. The standard InChI is InChI=1S/C16H18ClN3O4S/c1-11(16(21)19-10-12-5-3-4-8-18-12)20-25(22,23)13-6-7-15(24-2)14(17)9-13/h3-9,11,20H,10H2,1-2H3,(H,19,21)/t11-/m1/s1. The number of hydrogen-bond donors (Lipinski definition) is 2. The van der Waals surface area contributed by atoms with Gasteiger partial charge in [0.2, 0.25) is 15.9 Å². The maximum Gasteiger partial charge on any atom is 0.241 e. The molecule has 0 bridgehead atoms. The van der Waals surface area contributed by atoms with Crippen LogP contribution in [0.5, 0.6) is 5.75 Å². The molecule has 0 radical (unpaired) electrons. The van der Waals surface area contributed by atoms with Crippen molar-refractivity contribution in [2.75, 3.05) is 7.11 Å². The highest BCUT2D eigenvalue weighted by atomic mass is 35.5. The van der Waals surface area contributed by atoms with Crippen LogP contribution in [0.3, 0.4) is 0 Å². The van der Waals surface area contributed by atoms with Crippen molar-refractivity contribution >= 4 is 27.5 Å². The van der Waals surface area contributed by atoms with E-state index >= 15 is 0 Å². The lowest BCUT2D eigenvalue weighted by atomic mass is 10.3. The van der Waals surface area contributed by atoms with Gasteiger partial charge in [-0.1, -0.05) is 17.7 Å². The fraction of sp³-hybridized carbons (Fsp3) is 0.250. The number of aromatic nitrogens is 1. The second kappa shape index (κ2) is 8.28. The van der Waals surface area contributed by atoms with Gasteiger partial charge in [-0.25, -0.2) is 8.42 Å². The van der Waals surface area contributed by atoms with Crippen LogP contribution in [0, 0.1) is 0 Å². The second-order valence-electron chi connectivity index (χ2n) is 5.18. The smallest absolute Gasteiger partial charge is 0.241 e. The number of carbonyl (C=O) groups is 1. The van der Waals surface area contributed by atoms with Crippen LogP contribution in [0.2, 0.25) is 5.02 Å². The number of halogens is 1. The van der Waals surface area contributed by atoms with E-state index in [4.69, 9.17) is 16.3 Å². The van der Waals surface area contributed by atoms with Crippen LogP contribution in [0.15, 0.2) is 47.5 Å². The summed E-state index contributed by atoms with van der Waals surface area (Å²) in [5.74, 6) is -0.101. The molecule has 1 aromatic carbocycles. The van der Waals surface area contributed by atoms with Gasteiger partial charge in [0.1, 0.15) is 5.75 Å². The lowest BCUT2D eigenvalue weighted by molar-refractivity contribution is -0.122. The van der Waals surface area contributed by atoms with Gasteiger partial charge in [0.05, 0.1) is 35.3 Å². The molecule has 2 N–H and O–H groups in total. The molecule has 2 aromatic rings. The van der Waals surface area contributed by atoms with Crippen LogP contribution in [-0.4, -0.2) is 32.5 Å². The topological polar surface area (TPSA) is 97.4 Å². The molecule has 1 heterocycles. The Morgan fingerprint density at radius 3 is 2.68 bits per heavy atom. The number of hydrogen-bond acceptors (Lipinski definition) is 5. The average molecular weight is 384 g/mol. The summed E-state index contributed by atoms with van der Waals surface area (Å²) in [6.45, 7) is 1.66. The predicted molar refractivity (Wildman–Crippen MR) is 93.9 cm³/mol. The number of nitrogens with one attached hydrogen (secondary N) is 2. The van der Waals surface area contributed by atoms with Crippen molar-refractivity contribution in [2.45, 2.75) is 24.4 Å². The molecule has 7 nitrogen and oxygen atoms in total. The summed E-state index contributed by atoms with van der Waals surface area (Å²) in [5.41, 5.74) is 0.674. The summed E-state index contributed by atoms with van der Waals surface area (Å²) in [4.78, 5) is 16.1. The molecule has 0 aliphatic rings. The van der Waals surface area contributed by atoms with Crippen molar-refractivity contribution in [3.8, 4) is 5.75 Å². The summed E-state index contributed by atoms with van der Waals surface area (Å²) in [7, 11) is -2.47. The maximum absolute atomic E-state index is 12.4. The van der Waals surface area contributed by atoms with Gasteiger partial charge in [-0.2, -0.15) is 4.72 Å². The van der Waals surface area contributed by atoms with E-state index in [9.17, 15) is 13.2 Å². The van der Waals surface area contributed by atoms with E-state index in [1.165, 1.54) is 32.2 Å². The third-order valence-electron chi connectivity index (χ3n) is 3.33. The minimum Gasteiger partial charge on any atom is -0.495 e. The fourth-order valence-electron chi connectivity index (χ4n) is 2.00. The Kier molecular flexibility index (Phi) is 6.35. The zero-order valence-corrected chi connectivity index (χ0v) is 15.3. The lowest BCUT2D eigenvalue weighted by Crippen LogP contribution is -2.44. The maximum atomic E-state index is 12.4. The molecule has 2 rings (SSSR count). The number of nitrogens with zero attached hydrogens (tertiary/aromatic N) is 1. The van der Waals surface area contributed by atoms with Crippen LogP contribution >= 0.6 is 11.6 Å². The highest BCUT2D eigenvalue weighted by Gasteiger charge is 2.22. The van der Waals surface area contributed by atoms with Crippen molar-refractivity contribution in [3.05, 3.63) is 53.3 Å². The fourth-order valence-corrected chi connectivity index (χ4v) is 3.55. The molecule has 0 aliphatic heterocycles. The largest absolute Gasteiger partial charge is 0.495 e. The first-order valence-electron chi connectivity index (χ1n) is 7.37. The van der Waals surface area contributed by atoms with E-state index in [2.05, 4.69) is 15.0 Å². The molecular formula is C16H18ClN3O4S. The van der Waals surface area contributed by atoms with E-state index in [1.807, 2.05) is 0 Å². The number of carbonyl (C=O) groups excluding carboxylic acids is 1. The Bertz CT molecular complexity index is 844. The highest BCUT2D eigenvalue weighted by Crippen LogP contribution is 2.26. The summed E-state index contributed by atoms with van der Waals surface area (Å²) in [6.07, 6.45) is 1.61. The molecule has 134 valence electrons. The molecule has 0 saturated carbocycles. The van der Waals surface area contributed by atoms with Crippen LogP contribution in [0.1, 0.15) is 12.6 Å². The second-order valence-corrected chi connectivity index (χ2v) is 7.30. The molecule has 1 amide bonds. The number of amides is 1. The van der Waals surface area contributed by atoms with Gasteiger partial charge in [0, 0.05) is 6.20 Å². The van der Waals surface area contributed by atoms with E-state index in [1.54, 1.807) is 24.4 Å². The van der Waals surface area contributed by atoms with Crippen LogP contribution in [0.25, 0.3) is 0 Å². The van der Waals surface area contributed by atoms with Gasteiger partial charge in [-0.05, 0) is 37.3 Å². The van der Waals surface area contributed by atoms with Gasteiger partial charge < -0.3 is 10.1 Å². The molecule has 1 aromatic heterocycles. The monoisotopic (exact) mass is 383 g/mol. The first kappa shape index (κ1) is 19.2. The molecule has 0 aliphatic carbocycles. The first-order chi connectivity index (χ1) is 11.8. The molecule has 0 fully saturated rings. The average Bonchev–Trinajstić information content (AvgIpc) is 2.60. The van der Waals surface area contributed by atoms with Crippen molar-refractivity contribution in [3.63, 3.8) is 0 Å². The van der Waals surface area contributed by atoms with E-state index in [-0.39, 0.29) is 16.5 Å². The molecule has 0 unspecified atom stereocenters. The zero-order valence-electron chi connectivity index (χ0n) is 13.7. The number of ether oxygens (including phenoxy) is 1. The van der Waals surface area contributed by atoms with Gasteiger partial charge in [0.15, 0.2) is 0 Å². The molecule has 0 spiro atoms. The quantitative estimate of drug-likeness (QED) is 0.758. The number of sulfonamides is 1. The van der Waals surface area contributed by atoms with Crippen LogP contribution in [0.4, 0.5) is 0 Å². The Morgan fingerprint density at radius 2 is 2.08 bits per heavy atom. The normalized spacial score (nSPS) is 12.4. The first-order valence-corrected chi connectivity index (χ1v) is 9.23. The highest BCUT2D eigenvalue weighted by molar-refractivity contribution is 7.89. The summed E-state index contributed by atoms with van der Waals surface area (Å²) < 4.78 is 32.0. The third kappa shape index (κ3) is 5.15. The number of rotatable bonds is 7. The minimum absolute atomic E-state index is 0.0531. The SMILES string of the molecule is COc1ccc(S(=O)(=O)N[C@H](C)C(=O)NCc2ccccn2)cc1Cl. The lowest BCUT2D eigenvalue weighted by Gasteiger charge is -2.15. The molecule has 0 saturated heterocycles. The third-order valence-corrected chi connectivity index (χ3v) is 5.16. The molecule has 1 atom stereocenters. The Hall–Kier alpha value is -2.16. The molecule has 9 heteroatoms. The van der Waals surface area contributed by atoms with Gasteiger partial charge in [-0.15, -0.1) is 0 Å². The van der Waals surface area contributed by atoms with Gasteiger partial charge in [0.25, 0.3) is 0 Å². The Labute approximate surface area is 151 Å². The van der Waals surface area contributed by atoms with Gasteiger partial charge >= 0.3 is 0 Å². The number of methoxy groups -OCH3 is 1. The molecule has 25 heavy (non-hydrogen) atoms. The van der Waals surface area contributed by atoms with Crippen molar-refractivity contribution in [2.24, 2.45) is 0 Å². The van der Waals surface area contributed by atoms with Gasteiger partial charge in [-0.3, -0.25) is 9.78 Å². The van der Waals surface area contributed by atoms with E-state index < -0.39 is 22.0 Å². The predicted octanol–water partition coefficient (Wildman–Crippen LogP) is 1.73. The summed E-state index contributed by atoms with van der Waals surface area (Å²) in [5, 5.41) is 2.79. The van der Waals surface area contributed by atoms with E-state index in [0.717, 1.165) is 0 Å². The summed E-state index contributed by atoms with van der Waals surface area (Å²) >= 11 is 5.95. The van der Waals surface area contributed by atoms with Crippen LogP contribution in [-0.2, 0) is 21.4 Å².